The van der Waals surface area contributed by atoms with E-state index in [0.717, 1.165) is 54.3 Å². The zero-order chi connectivity index (χ0) is 27.9. The van der Waals surface area contributed by atoms with Crippen LogP contribution in [-0.2, 0) is 33.7 Å². The van der Waals surface area contributed by atoms with Crippen molar-refractivity contribution in [2.75, 3.05) is 13.2 Å². The van der Waals surface area contributed by atoms with Gasteiger partial charge in [-0.05, 0) is 92.5 Å². The fourth-order valence-electron chi connectivity index (χ4n) is 4.56. The summed E-state index contributed by atoms with van der Waals surface area (Å²) in [5.41, 5.74) is 4.09. The lowest BCUT2D eigenvalue weighted by Gasteiger charge is -2.19. The fourth-order valence-corrected chi connectivity index (χ4v) is 4.83. The van der Waals surface area contributed by atoms with E-state index in [1.807, 2.05) is 62.4 Å². The van der Waals surface area contributed by atoms with E-state index < -0.39 is 0 Å². The lowest BCUT2D eigenvalue weighted by molar-refractivity contribution is -0.143. The molecule has 0 saturated heterocycles. The van der Waals surface area contributed by atoms with Gasteiger partial charge in [0.2, 0.25) is 0 Å². The van der Waals surface area contributed by atoms with Crippen LogP contribution < -0.4 is 4.74 Å². The summed E-state index contributed by atoms with van der Waals surface area (Å²) in [5, 5.41) is 0. The van der Waals surface area contributed by atoms with Gasteiger partial charge in [0.1, 0.15) is 12.4 Å². The maximum absolute atomic E-state index is 12.0. The number of aryl methyl sites for hydroxylation is 1. The van der Waals surface area contributed by atoms with Crippen molar-refractivity contribution < 1.29 is 23.8 Å². The Morgan fingerprint density at radius 1 is 0.795 bits per heavy atom. The summed E-state index contributed by atoms with van der Waals surface area (Å²) < 4.78 is 17.4. The molecule has 3 rings (SSSR count). The van der Waals surface area contributed by atoms with Gasteiger partial charge in [-0.1, -0.05) is 71.2 Å². The lowest BCUT2D eigenvalue weighted by Crippen LogP contribution is -2.09. The molecular formula is C33H39BrO5. The van der Waals surface area contributed by atoms with Gasteiger partial charge >= 0.3 is 11.9 Å². The standard InChI is InChI=1S/C33H39BrO5/c1-3-37-32(35)12-8-5-9-25(23-26-14-19-29(20-15-26)33(36)38-4-2)13-18-28-10-6-7-11-31(28)39-24-27-16-21-30(34)22-17-27/h6-7,10-11,14-17,19-22,25H,3-5,8-9,12-13,18,23-24H2,1-2H3. The third kappa shape index (κ3) is 10.9. The van der Waals surface area contributed by atoms with Crippen molar-refractivity contribution in [1.82, 2.24) is 0 Å². The highest BCUT2D eigenvalue weighted by Crippen LogP contribution is 2.27. The second-order valence-electron chi connectivity index (χ2n) is 9.60. The first kappa shape index (κ1) is 30.4. The minimum Gasteiger partial charge on any atom is -0.489 e. The highest BCUT2D eigenvalue weighted by molar-refractivity contribution is 9.10. The summed E-state index contributed by atoms with van der Waals surface area (Å²) >= 11 is 3.48. The first-order chi connectivity index (χ1) is 19.0. The molecule has 3 aromatic rings. The molecule has 0 heterocycles. The maximum Gasteiger partial charge on any atom is 0.338 e. The molecule has 39 heavy (non-hydrogen) atoms. The molecule has 0 radical (unpaired) electrons. The number of para-hydroxylation sites is 1. The Balaban J connectivity index is 1.63. The van der Waals surface area contributed by atoms with Crippen molar-refractivity contribution in [1.29, 1.82) is 0 Å². The van der Waals surface area contributed by atoms with Gasteiger partial charge in [-0.25, -0.2) is 4.79 Å². The molecule has 1 atom stereocenters. The largest absolute Gasteiger partial charge is 0.489 e. The molecule has 1 unspecified atom stereocenters. The molecule has 0 saturated carbocycles. The predicted molar refractivity (Wildman–Crippen MR) is 158 cm³/mol. The second kappa shape index (κ2) is 16.8. The first-order valence-electron chi connectivity index (χ1n) is 13.8. The molecule has 0 fully saturated rings. The number of esters is 2. The third-order valence-electron chi connectivity index (χ3n) is 6.64. The number of hydrogen-bond acceptors (Lipinski definition) is 5. The van der Waals surface area contributed by atoms with Crippen LogP contribution in [0, 0.1) is 5.92 Å². The third-order valence-corrected chi connectivity index (χ3v) is 7.17. The first-order valence-corrected chi connectivity index (χ1v) is 14.6. The highest BCUT2D eigenvalue weighted by atomic mass is 79.9. The van der Waals surface area contributed by atoms with Crippen LogP contribution >= 0.6 is 15.9 Å². The predicted octanol–water partition coefficient (Wildman–Crippen LogP) is 8.12. The summed E-state index contributed by atoms with van der Waals surface area (Å²) in [7, 11) is 0. The second-order valence-corrected chi connectivity index (χ2v) is 10.5. The van der Waals surface area contributed by atoms with Crippen molar-refractivity contribution in [2.45, 2.75) is 65.4 Å². The molecule has 208 valence electrons. The SMILES string of the molecule is CCOC(=O)CCCCC(CCc1ccccc1OCc1ccc(Br)cc1)Cc1ccc(C(=O)OCC)cc1. The van der Waals surface area contributed by atoms with E-state index in [0.29, 0.717) is 37.7 Å². The van der Waals surface area contributed by atoms with Crippen molar-refractivity contribution in [3.8, 4) is 5.75 Å². The summed E-state index contributed by atoms with van der Waals surface area (Å²) in [4.78, 5) is 23.8. The van der Waals surface area contributed by atoms with Gasteiger partial charge in [0.25, 0.3) is 0 Å². The van der Waals surface area contributed by atoms with Crippen LogP contribution in [0.2, 0.25) is 0 Å². The molecule has 0 aliphatic heterocycles. The Labute approximate surface area is 241 Å². The molecular weight excluding hydrogens is 556 g/mol. The fraction of sp³-hybridized carbons (Fsp3) is 0.394. The van der Waals surface area contributed by atoms with Crippen LogP contribution in [0.1, 0.15) is 73.0 Å². The van der Waals surface area contributed by atoms with E-state index >= 15 is 0 Å². The van der Waals surface area contributed by atoms with Gasteiger partial charge in [0.15, 0.2) is 0 Å². The van der Waals surface area contributed by atoms with Crippen LogP contribution in [-0.4, -0.2) is 25.2 Å². The summed E-state index contributed by atoms with van der Waals surface area (Å²) in [5.74, 6) is 0.931. The van der Waals surface area contributed by atoms with E-state index in [9.17, 15) is 9.59 Å². The molecule has 0 bridgehead atoms. The van der Waals surface area contributed by atoms with E-state index in [2.05, 4.69) is 40.2 Å². The van der Waals surface area contributed by atoms with Gasteiger partial charge in [0, 0.05) is 10.9 Å². The normalized spacial score (nSPS) is 11.6. The minimum atomic E-state index is -0.292. The molecule has 5 nitrogen and oxygen atoms in total. The van der Waals surface area contributed by atoms with E-state index in [4.69, 9.17) is 14.2 Å². The van der Waals surface area contributed by atoms with Crippen LogP contribution in [0.5, 0.6) is 5.75 Å². The van der Waals surface area contributed by atoms with Crippen LogP contribution in [0.15, 0.2) is 77.3 Å². The number of benzene rings is 3. The number of carbonyl (C=O) groups is 2. The topological polar surface area (TPSA) is 61.8 Å². The van der Waals surface area contributed by atoms with Crippen molar-refractivity contribution in [3.05, 3.63) is 99.5 Å². The van der Waals surface area contributed by atoms with Crippen molar-refractivity contribution in [2.24, 2.45) is 5.92 Å². The lowest BCUT2D eigenvalue weighted by atomic mass is 9.88. The molecule has 6 heteroatoms. The van der Waals surface area contributed by atoms with E-state index in [1.165, 1.54) is 11.1 Å². The number of rotatable bonds is 16. The average Bonchev–Trinajstić information content (AvgIpc) is 2.94. The summed E-state index contributed by atoms with van der Waals surface area (Å²) in [6.45, 7) is 4.95. The Kier molecular flexibility index (Phi) is 13.1. The maximum atomic E-state index is 12.0. The minimum absolute atomic E-state index is 0.125. The summed E-state index contributed by atoms with van der Waals surface area (Å²) in [6, 6.07) is 24.2. The number of halogens is 1. The van der Waals surface area contributed by atoms with Gasteiger partial charge < -0.3 is 14.2 Å². The van der Waals surface area contributed by atoms with Gasteiger partial charge in [0.05, 0.1) is 18.8 Å². The highest BCUT2D eigenvalue weighted by Gasteiger charge is 2.14. The van der Waals surface area contributed by atoms with Gasteiger partial charge in [-0.15, -0.1) is 0 Å². The Hall–Kier alpha value is -3.12. The van der Waals surface area contributed by atoms with E-state index in [1.54, 1.807) is 0 Å². The van der Waals surface area contributed by atoms with Gasteiger partial charge in [-0.3, -0.25) is 4.79 Å². The van der Waals surface area contributed by atoms with E-state index in [-0.39, 0.29) is 11.9 Å². The number of ether oxygens (including phenoxy) is 3. The molecule has 0 aliphatic carbocycles. The van der Waals surface area contributed by atoms with Crippen LogP contribution in [0.4, 0.5) is 0 Å². The zero-order valence-corrected chi connectivity index (χ0v) is 24.6. The number of hydrogen-bond donors (Lipinski definition) is 0. The molecule has 0 amide bonds. The molecule has 0 aromatic heterocycles. The Bertz CT molecular complexity index is 1160. The molecule has 3 aromatic carbocycles. The van der Waals surface area contributed by atoms with Crippen molar-refractivity contribution >= 4 is 27.9 Å². The Morgan fingerprint density at radius 3 is 2.21 bits per heavy atom. The Morgan fingerprint density at radius 2 is 1.49 bits per heavy atom. The van der Waals surface area contributed by atoms with Crippen molar-refractivity contribution in [3.63, 3.8) is 0 Å². The molecule has 0 N–H and O–H groups in total. The zero-order valence-electron chi connectivity index (χ0n) is 23.0. The molecule has 0 aliphatic rings. The smallest absolute Gasteiger partial charge is 0.338 e. The quantitative estimate of drug-likeness (QED) is 0.124. The number of unbranched alkanes of at least 4 members (excludes halogenated alkanes) is 1. The van der Waals surface area contributed by atoms with Gasteiger partial charge in [-0.2, -0.15) is 0 Å². The number of carbonyl (C=O) groups excluding carboxylic acids is 2. The van der Waals surface area contributed by atoms with Crippen LogP contribution in [0.3, 0.4) is 0 Å². The molecule has 0 spiro atoms. The monoisotopic (exact) mass is 594 g/mol. The van der Waals surface area contributed by atoms with Crippen LogP contribution in [0.25, 0.3) is 0 Å². The average molecular weight is 596 g/mol. The summed E-state index contributed by atoms with van der Waals surface area (Å²) in [6.07, 6.45) is 6.07.